The van der Waals surface area contributed by atoms with Gasteiger partial charge < -0.3 is 9.84 Å². The first-order valence-electron chi connectivity index (χ1n) is 18.3. The van der Waals surface area contributed by atoms with Gasteiger partial charge in [0.25, 0.3) is 0 Å². The molecule has 0 bridgehead atoms. The van der Waals surface area contributed by atoms with Gasteiger partial charge in [-0.25, -0.2) is 0 Å². The predicted molar refractivity (Wildman–Crippen MR) is 190 cm³/mol. The van der Waals surface area contributed by atoms with Crippen molar-refractivity contribution < 1.29 is 19.4 Å². The third-order valence-corrected chi connectivity index (χ3v) is 7.75. The lowest BCUT2D eigenvalue weighted by molar-refractivity contribution is -0.150. The van der Waals surface area contributed by atoms with Crippen molar-refractivity contribution >= 4 is 11.9 Å². The van der Waals surface area contributed by atoms with E-state index in [1.807, 2.05) is 0 Å². The molecule has 1 N–H and O–H groups in total. The fourth-order valence-electron chi connectivity index (χ4n) is 5.10. The number of hydrogen-bond donors (Lipinski definition) is 1. The molecular formula is C40H68O4. The van der Waals surface area contributed by atoms with Gasteiger partial charge in [-0.3, -0.25) is 9.59 Å². The lowest BCUT2D eigenvalue weighted by Gasteiger charge is -2.18. The molecule has 0 aromatic carbocycles. The summed E-state index contributed by atoms with van der Waals surface area (Å²) in [6.45, 7) is 4.41. The molecule has 0 saturated heterocycles. The Balaban J connectivity index is 3.93. The SMILES string of the molecule is CC/C=C\C/C=C\C/C=C\C/C=C\C/C=C\CCCCCC(=O)OC(CCCCCCCCCCCCC)CCCC(=O)O. The second-order valence-electron chi connectivity index (χ2n) is 12.0. The van der Waals surface area contributed by atoms with Gasteiger partial charge in [0, 0.05) is 12.8 Å². The molecule has 44 heavy (non-hydrogen) atoms. The van der Waals surface area contributed by atoms with Crippen LogP contribution in [0.25, 0.3) is 0 Å². The number of aliphatic carboxylic acids is 1. The fourth-order valence-corrected chi connectivity index (χ4v) is 5.10. The Hall–Kier alpha value is -2.36. The molecule has 0 aliphatic heterocycles. The minimum atomic E-state index is -0.780. The zero-order valence-corrected chi connectivity index (χ0v) is 28.7. The van der Waals surface area contributed by atoms with Gasteiger partial charge in [0.2, 0.25) is 0 Å². The van der Waals surface area contributed by atoms with Crippen LogP contribution in [0.1, 0.15) is 174 Å². The summed E-state index contributed by atoms with van der Waals surface area (Å²) in [5, 5.41) is 8.99. The molecule has 0 aromatic heterocycles. The van der Waals surface area contributed by atoms with Gasteiger partial charge in [0.15, 0.2) is 0 Å². The molecule has 252 valence electrons. The molecule has 1 atom stereocenters. The standard InChI is InChI=1S/C40H68O4/c1-3-5-7-9-11-13-15-16-17-18-19-20-21-22-24-26-28-30-32-37-40(43)44-38(35-33-36-39(41)42)34-31-29-27-25-23-14-12-10-8-6-4-2/h5,7,11,13,16-17,19-20,22,24,38H,3-4,6,8-10,12,14-15,18,21,23,25-37H2,1-2H3,(H,41,42)/b7-5-,13-11-,17-16-,20-19-,24-22-. The van der Waals surface area contributed by atoms with E-state index in [-0.39, 0.29) is 18.5 Å². The normalized spacial score (nSPS) is 13.0. The van der Waals surface area contributed by atoms with Gasteiger partial charge in [-0.1, -0.05) is 145 Å². The summed E-state index contributed by atoms with van der Waals surface area (Å²) in [7, 11) is 0. The lowest BCUT2D eigenvalue weighted by atomic mass is 10.0. The highest BCUT2D eigenvalue weighted by Gasteiger charge is 2.15. The molecule has 0 fully saturated rings. The summed E-state index contributed by atoms with van der Waals surface area (Å²) in [5.74, 6) is -0.902. The zero-order chi connectivity index (χ0) is 32.2. The van der Waals surface area contributed by atoms with Gasteiger partial charge in [-0.15, -0.1) is 0 Å². The topological polar surface area (TPSA) is 63.6 Å². The van der Waals surface area contributed by atoms with Crippen molar-refractivity contribution in [2.75, 3.05) is 0 Å². The summed E-state index contributed by atoms with van der Waals surface area (Å²) in [6, 6.07) is 0. The zero-order valence-electron chi connectivity index (χ0n) is 28.7. The van der Waals surface area contributed by atoms with Gasteiger partial charge in [0.1, 0.15) is 6.10 Å². The molecule has 0 spiro atoms. The van der Waals surface area contributed by atoms with E-state index in [1.165, 1.54) is 64.2 Å². The van der Waals surface area contributed by atoms with Crippen molar-refractivity contribution in [2.24, 2.45) is 0 Å². The van der Waals surface area contributed by atoms with Crippen molar-refractivity contribution in [2.45, 2.75) is 180 Å². The number of carbonyl (C=O) groups is 2. The van der Waals surface area contributed by atoms with E-state index in [4.69, 9.17) is 9.84 Å². The van der Waals surface area contributed by atoms with Gasteiger partial charge in [-0.05, 0) is 77.0 Å². The van der Waals surface area contributed by atoms with Crippen LogP contribution in [0, 0.1) is 0 Å². The molecule has 0 rings (SSSR count). The van der Waals surface area contributed by atoms with Crippen molar-refractivity contribution in [1.82, 2.24) is 0 Å². The first kappa shape index (κ1) is 41.6. The van der Waals surface area contributed by atoms with Crippen molar-refractivity contribution in [3.8, 4) is 0 Å². The Morgan fingerprint density at radius 2 is 0.977 bits per heavy atom. The molecule has 0 radical (unpaired) electrons. The third kappa shape index (κ3) is 34.1. The number of hydrogen-bond acceptors (Lipinski definition) is 3. The van der Waals surface area contributed by atoms with Crippen molar-refractivity contribution in [1.29, 1.82) is 0 Å². The van der Waals surface area contributed by atoms with Crippen LogP contribution in [-0.2, 0) is 14.3 Å². The lowest BCUT2D eigenvalue weighted by Crippen LogP contribution is -2.18. The van der Waals surface area contributed by atoms with Crippen molar-refractivity contribution in [3.05, 3.63) is 60.8 Å². The Morgan fingerprint density at radius 3 is 1.50 bits per heavy atom. The van der Waals surface area contributed by atoms with Gasteiger partial charge in [-0.2, -0.15) is 0 Å². The minimum Gasteiger partial charge on any atom is -0.481 e. The number of rotatable bonds is 32. The van der Waals surface area contributed by atoms with Gasteiger partial charge in [0.05, 0.1) is 0 Å². The van der Waals surface area contributed by atoms with E-state index < -0.39 is 5.97 Å². The van der Waals surface area contributed by atoms with E-state index in [0.29, 0.717) is 19.3 Å². The van der Waals surface area contributed by atoms with Crippen LogP contribution in [0.3, 0.4) is 0 Å². The molecule has 0 saturated carbocycles. The Kier molecular flexibility index (Phi) is 33.2. The maximum atomic E-state index is 12.5. The van der Waals surface area contributed by atoms with Gasteiger partial charge >= 0.3 is 11.9 Å². The molecule has 0 aliphatic rings. The molecule has 4 nitrogen and oxygen atoms in total. The fraction of sp³-hybridized carbons (Fsp3) is 0.700. The molecule has 4 heteroatoms. The summed E-state index contributed by atoms with van der Waals surface area (Å²) in [5.41, 5.74) is 0. The van der Waals surface area contributed by atoms with E-state index in [0.717, 1.165) is 70.6 Å². The number of allylic oxidation sites excluding steroid dienone is 10. The number of ether oxygens (including phenoxy) is 1. The van der Waals surface area contributed by atoms with Crippen molar-refractivity contribution in [3.63, 3.8) is 0 Å². The largest absolute Gasteiger partial charge is 0.481 e. The summed E-state index contributed by atoms with van der Waals surface area (Å²) < 4.78 is 5.80. The average Bonchev–Trinajstić information content (AvgIpc) is 3.00. The Bertz CT molecular complexity index is 789. The van der Waals surface area contributed by atoms with Crippen LogP contribution in [0.15, 0.2) is 60.8 Å². The first-order valence-corrected chi connectivity index (χ1v) is 18.3. The van der Waals surface area contributed by atoms with Crippen LogP contribution in [0.2, 0.25) is 0 Å². The smallest absolute Gasteiger partial charge is 0.306 e. The molecule has 1 unspecified atom stereocenters. The quantitative estimate of drug-likeness (QED) is 0.0466. The molecule has 0 amide bonds. The summed E-state index contributed by atoms with van der Waals surface area (Å²) >= 11 is 0. The first-order chi connectivity index (χ1) is 21.6. The molecular weight excluding hydrogens is 544 g/mol. The van der Waals surface area contributed by atoms with E-state index in [1.54, 1.807) is 0 Å². The number of unbranched alkanes of at least 4 members (excludes halogenated alkanes) is 13. The second kappa shape index (κ2) is 35.1. The van der Waals surface area contributed by atoms with Crippen LogP contribution >= 0.6 is 0 Å². The van der Waals surface area contributed by atoms with E-state index >= 15 is 0 Å². The van der Waals surface area contributed by atoms with E-state index in [2.05, 4.69) is 74.6 Å². The molecule has 0 heterocycles. The van der Waals surface area contributed by atoms with Crippen LogP contribution in [0.4, 0.5) is 0 Å². The predicted octanol–water partition coefficient (Wildman–Crippen LogP) is 12.6. The summed E-state index contributed by atoms with van der Waals surface area (Å²) in [4.78, 5) is 23.4. The number of esters is 1. The third-order valence-electron chi connectivity index (χ3n) is 7.75. The Labute approximate surface area is 272 Å². The Morgan fingerprint density at radius 1 is 0.523 bits per heavy atom. The highest BCUT2D eigenvalue weighted by Crippen LogP contribution is 2.17. The van der Waals surface area contributed by atoms with Crippen LogP contribution < -0.4 is 0 Å². The highest BCUT2D eigenvalue weighted by molar-refractivity contribution is 5.69. The number of carboxylic acids is 1. The van der Waals surface area contributed by atoms with E-state index in [9.17, 15) is 9.59 Å². The molecule has 0 aliphatic carbocycles. The maximum Gasteiger partial charge on any atom is 0.306 e. The number of carbonyl (C=O) groups excluding carboxylic acids is 1. The second-order valence-corrected chi connectivity index (χ2v) is 12.0. The number of carboxylic acid groups (broad SMARTS) is 1. The monoisotopic (exact) mass is 613 g/mol. The van der Waals surface area contributed by atoms with Crippen LogP contribution in [-0.4, -0.2) is 23.1 Å². The minimum absolute atomic E-state index is 0.122. The maximum absolute atomic E-state index is 12.5. The summed E-state index contributed by atoms with van der Waals surface area (Å²) in [6.07, 6.45) is 48.0. The highest BCUT2D eigenvalue weighted by atomic mass is 16.5. The average molecular weight is 613 g/mol. The van der Waals surface area contributed by atoms with Crippen LogP contribution in [0.5, 0.6) is 0 Å². The molecule has 0 aromatic rings.